The SMILES string of the molecule is [B]OC(CO)CO. The quantitative estimate of drug-likeness (QED) is 0.423. The van der Waals surface area contributed by atoms with E-state index >= 15 is 0 Å². The molecule has 0 aliphatic rings. The van der Waals surface area contributed by atoms with Crippen LogP contribution in [0, 0.1) is 0 Å². The Morgan fingerprint density at radius 1 is 1.43 bits per heavy atom. The standard InChI is InChI=1S/C3H7BO3/c4-7-3(1-5)2-6/h3,5-6H,1-2H2. The van der Waals surface area contributed by atoms with Crippen molar-refractivity contribution in [3.63, 3.8) is 0 Å². The molecule has 0 amide bonds. The summed E-state index contributed by atoms with van der Waals surface area (Å²) in [5.74, 6) is 0. The second kappa shape index (κ2) is 4.11. The van der Waals surface area contributed by atoms with Gasteiger partial charge in [0.15, 0.2) is 0 Å². The molecule has 0 aromatic heterocycles. The summed E-state index contributed by atoms with van der Waals surface area (Å²) in [6.07, 6.45) is -0.625. The summed E-state index contributed by atoms with van der Waals surface area (Å²) in [5.41, 5.74) is 0. The molecule has 0 bridgehead atoms. The third-order valence-corrected chi connectivity index (χ3v) is 0.600. The lowest BCUT2D eigenvalue weighted by molar-refractivity contribution is 0.0697. The van der Waals surface area contributed by atoms with Gasteiger partial charge in [0.1, 0.15) is 0 Å². The van der Waals surface area contributed by atoms with Gasteiger partial charge in [-0.05, 0) is 0 Å². The van der Waals surface area contributed by atoms with Gasteiger partial charge in [-0.2, -0.15) is 0 Å². The third-order valence-electron chi connectivity index (χ3n) is 0.600. The molecule has 0 aliphatic carbocycles. The second-order valence-electron chi connectivity index (χ2n) is 1.12. The van der Waals surface area contributed by atoms with E-state index in [1.54, 1.807) is 0 Å². The number of hydrogen-bond acceptors (Lipinski definition) is 3. The third kappa shape index (κ3) is 2.62. The normalized spacial score (nSPS) is 10.1. The molecule has 0 unspecified atom stereocenters. The highest BCUT2D eigenvalue weighted by Crippen LogP contribution is 1.81. The second-order valence-corrected chi connectivity index (χ2v) is 1.12. The Morgan fingerprint density at radius 2 is 1.86 bits per heavy atom. The molecular weight excluding hydrogens is 94.8 g/mol. The molecule has 0 aromatic rings. The zero-order chi connectivity index (χ0) is 5.70. The van der Waals surface area contributed by atoms with Gasteiger partial charge in [-0.25, -0.2) is 0 Å². The first-order chi connectivity index (χ1) is 3.35. The summed E-state index contributed by atoms with van der Waals surface area (Å²) in [6, 6.07) is 0. The summed E-state index contributed by atoms with van der Waals surface area (Å²) in [4.78, 5) is 0. The molecule has 2 N–H and O–H groups in total. The van der Waals surface area contributed by atoms with E-state index in [1.165, 1.54) is 0 Å². The summed E-state index contributed by atoms with van der Waals surface area (Å²) in [5, 5.41) is 16.3. The Kier molecular flexibility index (Phi) is 4.08. The van der Waals surface area contributed by atoms with Crippen molar-refractivity contribution in [3.05, 3.63) is 0 Å². The highest BCUT2D eigenvalue weighted by Gasteiger charge is 1.98. The zero-order valence-corrected chi connectivity index (χ0v) is 3.87. The van der Waals surface area contributed by atoms with Crippen LogP contribution in [0.4, 0.5) is 0 Å². The van der Waals surface area contributed by atoms with Gasteiger partial charge in [0.2, 0.25) is 0 Å². The van der Waals surface area contributed by atoms with Crippen LogP contribution in [0.1, 0.15) is 0 Å². The molecule has 7 heavy (non-hydrogen) atoms. The van der Waals surface area contributed by atoms with Gasteiger partial charge in [-0.15, -0.1) is 0 Å². The molecule has 0 spiro atoms. The van der Waals surface area contributed by atoms with Crippen LogP contribution in [0.25, 0.3) is 0 Å². The minimum absolute atomic E-state index is 0.243. The van der Waals surface area contributed by atoms with Gasteiger partial charge >= 0.3 is 0 Å². The maximum atomic E-state index is 8.16. The maximum Gasteiger partial charge on any atom is 0.283 e. The van der Waals surface area contributed by atoms with E-state index in [9.17, 15) is 0 Å². The van der Waals surface area contributed by atoms with Crippen LogP contribution in [0.2, 0.25) is 0 Å². The fraction of sp³-hybridized carbons (Fsp3) is 1.00. The van der Waals surface area contributed by atoms with Crippen molar-refractivity contribution in [2.24, 2.45) is 0 Å². The van der Waals surface area contributed by atoms with E-state index in [4.69, 9.17) is 10.2 Å². The molecule has 2 radical (unpaired) electrons. The van der Waals surface area contributed by atoms with Crippen molar-refractivity contribution in [1.29, 1.82) is 0 Å². The Labute approximate surface area is 43.4 Å². The summed E-state index contributed by atoms with van der Waals surface area (Å²) < 4.78 is 4.05. The largest absolute Gasteiger partial charge is 0.441 e. The van der Waals surface area contributed by atoms with Crippen LogP contribution in [-0.4, -0.2) is 37.6 Å². The fourth-order valence-electron chi connectivity index (χ4n) is 0.144. The van der Waals surface area contributed by atoms with Crippen LogP contribution in [-0.2, 0) is 4.65 Å². The van der Waals surface area contributed by atoms with Crippen LogP contribution in [0.3, 0.4) is 0 Å². The summed E-state index contributed by atoms with van der Waals surface area (Å²) in [6.45, 7) is -0.486. The molecule has 0 aliphatic heterocycles. The van der Waals surface area contributed by atoms with E-state index in [1.807, 2.05) is 0 Å². The van der Waals surface area contributed by atoms with E-state index in [2.05, 4.69) is 12.7 Å². The molecule has 0 fully saturated rings. The zero-order valence-electron chi connectivity index (χ0n) is 3.87. The van der Waals surface area contributed by atoms with Gasteiger partial charge in [-0.1, -0.05) is 0 Å². The van der Waals surface area contributed by atoms with Gasteiger partial charge in [-0.3, -0.25) is 0 Å². The lowest BCUT2D eigenvalue weighted by Gasteiger charge is -2.06. The van der Waals surface area contributed by atoms with Gasteiger partial charge < -0.3 is 14.9 Å². The molecule has 0 saturated carbocycles. The van der Waals surface area contributed by atoms with Gasteiger partial charge in [0, 0.05) is 0 Å². The van der Waals surface area contributed by atoms with Crippen molar-refractivity contribution < 1.29 is 14.9 Å². The highest BCUT2D eigenvalue weighted by atomic mass is 16.5. The predicted octanol–water partition coefficient (Wildman–Crippen LogP) is -1.56. The Morgan fingerprint density at radius 3 is 1.86 bits per heavy atom. The average molecular weight is 102 g/mol. The topological polar surface area (TPSA) is 49.7 Å². The molecule has 4 heteroatoms. The Balaban J connectivity index is 2.99. The molecule has 40 valence electrons. The van der Waals surface area contributed by atoms with Crippen molar-refractivity contribution in [2.75, 3.05) is 13.2 Å². The van der Waals surface area contributed by atoms with Crippen molar-refractivity contribution in [1.82, 2.24) is 0 Å². The van der Waals surface area contributed by atoms with Gasteiger partial charge in [0.25, 0.3) is 8.05 Å². The van der Waals surface area contributed by atoms with E-state index in [-0.39, 0.29) is 13.2 Å². The van der Waals surface area contributed by atoms with Crippen LogP contribution in [0.15, 0.2) is 0 Å². The number of aliphatic hydroxyl groups excluding tert-OH is 2. The average Bonchev–Trinajstić information content (AvgIpc) is 1.72. The monoisotopic (exact) mass is 102 g/mol. The first kappa shape index (κ1) is 6.94. The Hall–Kier alpha value is -0.0551. The lowest BCUT2D eigenvalue weighted by atomic mass is 10.4. The fourth-order valence-corrected chi connectivity index (χ4v) is 0.144. The molecule has 0 rings (SSSR count). The minimum Gasteiger partial charge on any atom is -0.441 e. The molecule has 0 atom stereocenters. The first-order valence-electron chi connectivity index (χ1n) is 1.92. The summed E-state index contributed by atoms with van der Waals surface area (Å²) >= 11 is 0. The number of aliphatic hydroxyl groups is 2. The minimum atomic E-state index is -0.625. The molecule has 0 heterocycles. The van der Waals surface area contributed by atoms with E-state index in [0.29, 0.717) is 0 Å². The number of hydrogen-bond donors (Lipinski definition) is 2. The molecular formula is C3H7BO3. The molecule has 0 aromatic carbocycles. The van der Waals surface area contributed by atoms with Crippen LogP contribution < -0.4 is 0 Å². The number of rotatable bonds is 3. The van der Waals surface area contributed by atoms with Gasteiger partial charge in [0.05, 0.1) is 19.3 Å². The Bertz CT molecular complexity index is 31.7. The van der Waals surface area contributed by atoms with E-state index < -0.39 is 6.10 Å². The van der Waals surface area contributed by atoms with Crippen molar-refractivity contribution >= 4 is 8.05 Å². The molecule has 3 nitrogen and oxygen atoms in total. The first-order valence-corrected chi connectivity index (χ1v) is 1.92. The van der Waals surface area contributed by atoms with Crippen molar-refractivity contribution in [2.45, 2.75) is 6.10 Å². The van der Waals surface area contributed by atoms with E-state index in [0.717, 1.165) is 0 Å². The van der Waals surface area contributed by atoms with Crippen LogP contribution >= 0.6 is 0 Å². The summed E-state index contributed by atoms with van der Waals surface area (Å²) in [7, 11) is 4.57. The smallest absolute Gasteiger partial charge is 0.283 e. The van der Waals surface area contributed by atoms with Crippen LogP contribution in [0.5, 0.6) is 0 Å². The molecule has 0 saturated heterocycles. The highest BCUT2D eigenvalue weighted by molar-refractivity contribution is 5.98. The maximum absolute atomic E-state index is 8.16. The van der Waals surface area contributed by atoms with Crippen molar-refractivity contribution in [3.8, 4) is 0 Å². The lowest BCUT2D eigenvalue weighted by Crippen LogP contribution is -2.20. The predicted molar refractivity (Wildman–Crippen MR) is 24.8 cm³/mol.